The average Bonchev–Trinajstić information content (AvgIpc) is 3.31. The SMILES string of the molecule is CCCC/C=C\C/C=C\CCCCCCCC(=O)OC(COC(=O)CCCCCCCCCCCCC)COC(=O)CCCCCCCCCCCCC/C=C\CCCCCCCCCC. The number of carbonyl (C=O) groups excluding carboxylic acids is 3. The molecule has 0 bridgehead atoms. The van der Waals surface area contributed by atoms with Crippen molar-refractivity contribution in [1.29, 1.82) is 0 Å². The summed E-state index contributed by atoms with van der Waals surface area (Å²) in [5.41, 5.74) is 0. The summed E-state index contributed by atoms with van der Waals surface area (Å²) in [5.74, 6) is -0.875. The highest BCUT2D eigenvalue weighted by Gasteiger charge is 2.19. The molecule has 0 aliphatic heterocycles. The Kier molecular flexibility index (Phi) is 53.2. The van der Waals surface area contributed by atoms with Crippen molar-refractivity contribution in [3.63, 3.8) is 0 Å². The molecule has 0 amide bonds. The van der Waals surface area contributed by atoms with Crippen LogP contribution < -0.4 is 0 Å². The number of carbonyl (C=O) groups is 3. The van der Waals surface area contributed by atoms with Crippen LogP contribution >= 0.6 is 0 Å². The second-order valence-corrected chi connectivity index (χ2v) is 19.6. The van der Waals surface area contributed by atoms with Gasteiger partial charge >= 0.3 is 17.9 Å². The number of rotatable bonds is 53. The molecule has 1 atom stereocenters. The molecular formula is C60H110O6. The molecule has 0 aromatic heterocycles. The molecule has 6 heteroatoms. The Balaban J connectivity index is 4.24. The maximum Gasteiger partial charge on any atom is 0.306 e. The third-order valence-corrected chi connectivity index (χ3v) is 12.9. The van der Waals surface area contributed by atoms with Crippen molar-refractivity contribution < 1.29 is 28.6 Å². The van der Waals surface area contributed by atoms with Crippen molar-refractivity contribution in [3.8, 4) is 0 Å². The summed E-state index contributed by atoms with van der Waals surface area (Å²) in [4.78, 5) is 38.1. The van der Waals surface area contributed by atoms with Gasteiger partial charge in [-0.2, -0.15) is 0 Å². The van der Waals surface area contributed by atoms with Gasteiger partial charge in [-0.3, -0.25) is 14.4 Å². The van der Waals surface area contributed by atoms with Crippen LogP contribution in [0.4, 0.5) is 0 Å². The van der Waals surface area contributed by atoms with E-state index in [0.29, 0.717) is 19.3 Å². The van der Waals surface area contributed by atoms with E-state index in [1.807, 2.05) is 0 Å². The van der Waals surface area contributed by atoms with Gasteiger partial charge in [0.2, 0.25) is 0 Å². The third kappa shape index (κ3) is 52.6. The summed E-state index contributed by atoms with van der Waals surface area (Å²) in [6, 6.07) is 0. The van der Waals surface area contributed by atoms with Crippen molar-refractivity contribution >= 4 is 17.9 Å². The lowest BCUT2D eigenvalue weighted by Gasteiger charge is -2.18. The Hall–Kier alpha value is -2.37. The van der Waals surface area contributed by atoms with Crippen molar-refractivity contribution in [2.45, 2.75) is 316 Å². The number of allylic oxidation sites excluding steroid dienone is 6. The van der Waals surface area contributed by atoms with Gasteiger partial charge in [0.15, 0.2) is 6.10 Å². The fourth-order valence-electron chi connectivity index (χ4n) is 8.46. The molecule has 0 aromatic carbocycles. The summed E-state index contributed by atoms with van der Waals surface area (Å²) in [6.07, 6.45) is 65.7. The zero-order chi connectivity index (χ0) is 47.9. The average molecular weight is 928 g/mol. The fraction of sp³-hybridized carbons (Fsp3) is 0.850. The highest BCUT2D eigenvalue weighted by Crippen LogP contribution is 2.16. The molecule has 0 radical (unpaired) electrons. The van der Waals surface area contributed by atoms with E-state index in [4.69, 9.17) is 14.2 Å². The largest absolute Gasteiger partial charge is 0.462 e. The zero-order valence-corrected chi connectivity index (χ0v) is 44.2. The summed E-state index contributed by atoms with van der Waals surface area (Å²) in [5, 5.41) is 0. The van der Waals surface area contributed by atoms with Gasteiger partial charge in [0, 0.05) is 19.3 Å². The maximum absolute atomic E-state index is 12.8. The Morgan fingerprint density at radius 1 is 0.303 bits per heavy atom. The maximum atomic E-state index is 12.8. The minimum Gasteiger partial charge on any atom is -0.462 e. The molecule has 0 fully saturated rings. The zero-order valence-electron chi connectivity index (χ0n) is 44.2. The first kappa shape index (κ1) is 63.6. The van der Waals surface area contributed by atoms with Crippen LogP contribution in [0.2, 0.25) is 0 Å². The van der Waals surface area contributed by atoms with E-state index in [0.717, 1.165) is 83.5 Å². The number of unbranched alkanes of at least 4 members (excludes halogenated alkanes) is 36. The van der Waals surface area contributed by atoms with Crippen LogP contribution in [-0.2, 0) is 28.6 Å². The van der Waals surface area contributed by atoms with Crippen molar-refractivity contribution in [2.24, 2.45) is 0 Å². The molecule has 66 heavy (non-hydrogen) atoms. The lowest BCUT2D eigenvalue weighted by molar-refractivity contribution is -0.167. The van der Waals surface area contributed by atoms with Gasteiger partial charge in [0.25, 0.3) is 0 Å². The quantitative estimate of drug-likeness (QED) is 0.0262. The van der Waals surface area contributed by atoms with Gasteiger partial charge in [0.05, 0.1) is 0 Å². The van der Waals surface area contributed by atoms with E-state index in [1.54, 1.807) is 0 Å². The fourth-order valence-corrected chi connectivity index (χ4v) is 8.46. The van der Waals surface area contributed by atoms with E-state index >= 15 is 0 Å². The summed E-state index contributed by atoms with van der Waals surface area (Å²) in [6.45, 7) is 6.61. The van der Waals surface area contributed by atoms with Crippen LogP contribution in [0, 0.1) is 0 Å². The minimum absolute atomic E-state index is 0.0747. The van der Waals surface area contributed by atoms with E-state index in [-0.39, 0.29) is 31.1 Å². The monoisotopic (exact) mass is 927 g/mol. The van der Waals surface area contributed by atoms with Crippen LogP contribution in [0.25, 0.3) is 0 Å². The van der Waals surface area contributed by atoms with Crippen LogP contribution in [0.15, 0.2) is 36.5 Å². The second-order valence-electron chi connectivity index (χ2n) is 19.6. The summed E-state index contributed by atoms with van der Waals surface area (Å²) >= 11 is 0. The molecule has 0 saturated heterocycles. The van der Waals surface area contributed by atoms with Crippen LogP contribution in [-0.4, -0.2) is 37.2 Å². The molecule has 0 heterocycles. The molecule has 0 N–H and O–H groups in total. The van der Waals surface area contributed by atoms with E-state index in [1.165, 1.54) is 186 Å². The number of hydrogen-bond acceptors (Lipinski definition) is 6. The second kappa shape index (κ2) is 55.2. The number of ether oxygens (including phenoxy) is 3. The predicted octanol–water partition coefficient (Wildman–Crippen LogP) is 19.3. The normalized spacial score (nSPS) is 12.2. The van der Waals surface area contributed by atoms with Crippen LogP contribution in [0.5, 0.6) is 0 Å². The van der Waals surface area contributed by atoms with E-state index in [2.05, 4.69) is 57.2 Å². The van der Waals surface area contributed by atoms with E-state index in [9.17, 15) is 14.4 Å². The van der Waals surface area contributed by atoms with Crippen LogP contribution in [0.1, 0.15) is 310 Å². The standard InChI is InChI=1S/C60H110O6/c1-4-7-10-13-16-19-22-24-26-27-28-29-30-31-32-33-34-36-38-41-44-47-50-53-59(62)65-56-57(55-64-58(61)52-49-46-43-40-37-21-18-15-12-9-6-3)66-60(63)54-51-48-45-42-39-35-25-23-20-17-14-11-8-5-2/h14,17,23,25,27-28,57H,4-13,15-16,18-22,24,26,29-56H2,1-3H3/b17-14-,25-23-,28-27-. The third-order valence-electron chi connectivity index (χ3n) is 12.9. The van der Waals surface area contributed by atoms with Crippen molar-refractivity contribution in [1.82, 2.24) is 0 Å². The lowest BCUT2D eigenvalue weighted by Crippen LogP contribution is -2.30. The smallest absolute Gasteiger partial charge is 0.306 e. The summed E-state index contributed by atoms with van der Waals surface area (Å²) < 4.78 is 16.8. The Bertz CT molecular complexity index is 1110. The molecule has 0 spiro atoms. The Morgan fingerprint density at radius 2 is 0.561 bits per heavy atom. The predicted molar refractivity (Wildman–Crippen MR) is 284 cm³/mol. The van der Waals surface area contributed by atoms with Crippen molar-refractivity contribution in [2.75, 3.05) is 13.2 Å². The van der Waals surface area contributed by atoms with Crippen LogP contribution in [0.3, 0.4) is 0 Å². The van der Waals surface area contributed by atoms with Gasteiger partial charge in [0.1, 0.15) is 13.2 Å². The molecule has 0 aromatic rings. The number of hydrogen-bond donors (Lipinski definition) is 0. The van der Waals surface area contributed by atoms with Gasteiger partial charge in [-0.1, -0.05) is 256 Å². The molecule has 0 aliphatic rings. The summed E-state index contributed by atoms with van der Waals surface area (Å²) in [7, 11) is 0. The molecule has 6 nitrogen and oxygen atoms in total. The lowest BCUT2D eigenvalue weighted by atomic mass is 10.0. The first-order chi connectivity index (χ1) is 32.5. The topological polar surface area (TPSA) is 78.9 Å². The molecule has 0 saturated carbocycles. The highest BCUT2D eigenvalue weighted by atomic mass is 16.6. The molecule has 0 aliphatic carbocycles. The first-order valence-corrected chi connectivity index (χ1v) is 29.0. The molecule has 1 unspecified atom stereocenters. The van der Waals surface area contributed by atoms with Crippen molar-refractivity contribution in [3.05, 3.63) is 36.5 Å². The number of esters is 3. The molecule has 0 rings (SSSR count). The van der Waals surface area contributed by atoms with Gasteiger partial charge in [-0.25, -0.2) is 0 Å². The molecule has 386 valence electrons. The Morgan fingerprint density at radius 3 is 0.894 bits per heavy atom. The molecular weight excluding hydrogens is 817 g/mol. The van der Waals surface area contributed by atoms with Gasteiger partial charge in [-0.15, -0.1) is 0 Å². The Labute approximate surface area is 410 Å². The van der Waals surface area contributed by atoms with E-state index < -0.39 is 6.10 Å². The van der Waals surface area contributed by atoms with Gasteiger partial charge < -0.3 is 14.2 Å². The highest BCUT2D eigenvalue weighted by molar-refractivity contribution is 5.71. The van der Waals surface area contributed by atoms with Gasteiger partial charge in [-0.05, 0) is 70.6 Å². The first-order valence-electron chi connectivity index (χ1n) is 29.0. The minimum atomic E-state index is -0.776.